The number of aryl methyl sites for hydroxylation is 1. The molecule has 1 aromatic rings. The van der Waals surface area contributed by atoms with Gasteiger partial charge in [0.15, 0.2) is 0 Å². The molecule has 2 heteroatoms. The van der Waals surface area contributed by atoms with Crippen molar-refractivity contribution < 1.29 is 32.7 Å². The molecule has 1 radical (unpaired) electrons. The summed E-state index contributed by atoms with van der Waals surface area (Å²) in [7, 11) is 2.15. The van der Waals surface area contributed by atoms with E-state index >= 15 is 0 Å². The van der Waals surface area contributed by atoms with Gasteiger partial charge in [0.05, 0.1) is 0 Å². The van der Waals surface area contributed by atoms with Crippen LogP contribution < -0.4 is 4.90 Å². The second kappa shape index (κ2) is 8.30. The molecule has 0 bridgehead atoms. The van der Waals surface area contributed by atoms with Gasteiger partial charge < -0.3 is 11.3 Å². The van der Waals surface area contributed by atoms with Crippen molar-refractivity contribution in [2.75, 3.05) is 18.5 Å². The molecule has 1 aromatic carbocycles. The molecular formula is C13H19NY-2. The van der Waals surface area contributed by atoms with Crippen molar-refractivity contribution in [1.29, 1.82) is 0 Å². The predicted molar refractivity (Wildman–Crippen MR) is 62.5 cm³/mol. The Bertz CT molecular complexity index is 273. The zero-order chi connectivity index (χ0) is 10.4. The standard InChI is InChI=1S/C10H12N.C3H7.Y/c1-11-8-4-6-9-5-2-3-7-10(9)11;1-3-2;/h3,5,7H,4,6,8H2,1H3;3H,1-2H3;/q2*-1;. The number of fused-ring (bicyclic) bond motifs is 1. The third-order valence-corrected chi connectivity index (χ3v) is 2.27. The van der Waals surface area contributed by atoms with Gasteiger partial charge in [-0.2, -0.15) is 32.0 Å². The predicted octanol–water partition coefficient (Wildman–Crippen LogP) is 3.10. The molecule has 15 heavy (non-hydrogen) atoms. The van der Waals surface area contributed by atoms with Crippen molar-refractivity contribution in [3.8, 4) is 0 Å². The summed E-state index contributed by atoms with van der Waals surface area (Å²) < 4.78 is 0. The van der Waals surface area contributed by atoms with Crippen molar-refractivity contribution in [3.05, 3.63) is 36.2 Å². The average Bonchev–Trinajstić information content (AvgIpc) is 2.20. The van der Waals surface area contributed by atoms with Gasteiger partial charge in [0.2, 0.25) is 0 Å². The molecule has 0 atom stereocenters. The van der Waals surface area contributed by atoms with Crippen molar-refractivity contribution in [2.45, 2.75) is 26.7 Å². The van der Waals surface area contributed by atoms with Gasteiger partial charge in [-0.3, -0.25) is 0 Å². The minimum atomic E-state index is 0. The van der Waals surface area contributed by atoms with E-state index in [-0.39, 0.29) is 32.7 Å². The molecule has 0 aromatic heterocycles. The first-order valence-corrected chi connectivity index (χ1v) is 5.23. The Balaban J connectivity index is 0.000000443. The fraction of sp³-hybridized carbons (Fsp3) is 0.462. The smallest absolute Gasteiger partial charge is 0.0146 e. The van der Waals surface area contributed by atoms with E-state index in [1.807, 2.05) is 26.3 Å². The number of benzene rings is 1. The zero-order valence-electron chi connectivity index (χ0n) is 9.96. The van der Waals surface area contributed by atoms with E-state index in [1.54, 1.807) is 0 Å². The molecule has 0 aliphatic carbocycles. The summed E-state index contributed by atoms with van der Waals surface area (Å²) in [6.45, 7) is 5.19. The van der Waals surface area contributed by atoms with Gasteiger partial charge in [0.25, 0.3) is 0 Å². The first-order valence-electron chi connectivity index (χ1n) is 5.23. The first kappa shape index (κ1) is 15.1. The Morgan fingerprint density at radius 2 is 2.07 bits per heavy atom. The Hall–Kier alpha value is 0.124. The molecular weight excluding hydrogens is 259 g/mol. The van der Waals surface area contributed by atoms with Crippen LogP contribution >= 0.6 is 0 Å². The second-order valence-corrected chi connectivity index (χ2v) is 3.66. The summed E-state index contributed by atoms with van der Waals surface area (Å²) in [5, 5.41) is 0. The average molecular weight is 278 g/mol. The Morgan fingerprint density at radius 3 is 2.67 bits per heavy atom. The van der Waals surface area contributed by atoms with E-state index in [2.05, 4.69) is 30.1 Å². The number of hydrogen-bond acceptors (Lipinski definition) is 1. The van der Waals surface area contributed by atoms with Gasteiger partial charge in [-0.05, 0) is 6.42 Å². The zero-order valence-corrected chi connectivity index (χ0v) is 12.8. The summed E-state index contributed by atoms with van der Waals surface area (Å²) in [5.74, 6) is 0. The second-order valence-electron chi connectivity index (χ2n) is 3.66. The maximum absolute atomic E-state index is 3.11. The molecule has 0 spiro atoms. The molecule has 0 saturated carbocycles. The molecule has 0 saturated heterocycles. The van der Waals surface area contributed by atoms with Crippen molar-refractivity contribution in [2.24, 2.45) is 0 Å². The van der Waals surface area contributed by atoms with E-state index in [1.165, 1.54) is 30.6 Å². The van der Waals surface area contributed by atoms with Crippen LogP contribution in [0.15, 0.2) is 18.2 Å². The Labute approximate surface area is 119 Å². The molecule has 1 heterocycles. The van der Waals surface area contributed by atoms with Crippen LogP contribution in [0.1, 0.15) is 25.8 Å². The normalized spacial score (nSPS) is 13.1. The molecule has 1 aliphatic rings. The maximum Gasteiger partial charge on any atom is 0.0146 e. The topological polar surface area (TPSA) is 3.24 Å². The van der Waals surface area contributed by atoms with Crippen LogP contribution in [-0.4, -0.2) is 13.6 Å². The molecule has 0 fully saturated rings. The van der Waals surface area contributed by atoms with E-state index in [0.29, 0.717) is 0 Å². The van der Waals surface area contributed by atoms with Gasteiger partial charge in [0, 0.05) is 46.3 Å². The Kier molecular flexibility index (Phi) is 8.36. The van der Waals surface area contributed by atoms with Crippen molar-refractivity contribution in [3.63, 3.8) is 0 Å². The van der Waals surface area contributed by atoms with E-state index in [4.69, 9.17) is 0 Å². The van der Waals surface area contributed by atoms with Gasteiger partial charge >= 0.3 is 0 Å². The largest absolute Gasteiger partial charge is 0.396 e. The summed E-state index contributed by atoms with van der Waals surface area (Å²) in [6.07, 6.45) is 4.50. The van der Waals surface area contributed by atoms with Crippen LogP contribution in [0, 0.1) is 12.5 Å². The van der Waals surface area contributed by atoms with Crippen LogP contribution in [0.25, 0.3) is 0 Å². The number of anilines is 1. The van der Waals surface area contributed by atoms with Gasteiger partial charge in [0.1, 0.15) is 0 Å². The fourth-order valence-corrected chi connectivity index (χ4v) is 1.66. The quantitative estimate of drug-likeness (QED) is 0.659. The molecule has 0 unspecified atom stereocenters. The SMILES string of the molecule is CN1CCCc2c[c-]ccc21.C[CH-]C.[Y]. The number of nitrogens with zero attached hydrogens (tertiary/aromatic N) is 1. The molecule has 0 N–H and O–H groups in total. The monoisotopic (exact) mass is 278 g/mol. The van der Waals surface area contributed by atoms with Gasteiger partial charge in [-0.25, -0.2) is 0 Å². The van der Waals surface area contributed by atoms with Crippen LogP contribution in [-0.2, 0) is 39.1 Å². The summed E-state index contributed by atoms with van der Waals surface area (Å²) >= 11 is 0. The van der Waals surface area contributed by atoms with Crippen LogP contribution in [0.2, 0.25) is 0 Å². The third-order valence-electron chi connectivity index (χ3n) is 2.27. The van der Waals surface area contributed by atoms with Crippen LogP contribution in [0.3, 0.4) is 0 Å². The van der Waals surface area contributed by atoms with Crippen LogP contribution in [0.4, 0.5) is 5.69 Å². The van der Waals surface area contributed by atoms with E-state index < -0.39 is 0 Å². The Morgan fingerprint density at radius 1 is 1.40 bits per heavy atom. The minimum Gasteiger partial charge on any atom is -0.396 e. The molecule has 81 valence electrons. The molecule has 0 amide bonds. The summed E-state index contributed by atoms with van der Waals surface area (Å²) in [4.78, 5) is 2.31. The maximum atomic E-state index is 3.11. The van der Waals surface area contributed by atoms with Crippen molar-refractivity contribution >= 4 is 5.69 Å². The minimum absolute atomic E-state index is 0. The fourth-order valence-electron chi connectivity index (χ4n) is 1.66. The third kappa shape index (κ3) is 4.65. The number of rotatable bonds is 0. The summed E-state index contributed by atoms with van der Waals surface area (Å²) in [5.41, 5.74) is 2.83. The molecule has 2 rings (SSSR count). The summed E-state index contributed by atoms with van der Waals surface area (Å²) in [6, 6.07) is 9.35. The van der Waals surface area contributed by atoms with Crippen molar-refractivity contribution in [1.82, 2.24) is 0 Å². The molecule has 1 nitrogen and oxygen atoms in total. The van der Waals surface area contributed by atoms with E-state index in [0.717, 1.165) is 0 Å². The number of hydrogen-bond donors (Lipinski definition) is 0. The van der Waals surface area contributed by atoms with Crippen LogP contribution in [0.5, 0.6) is 0 Å². The molecule has 1 aliphatic heterocycles. The van der Waals surface area contributed by atoms with Gasteiger partial charge in [-0.15, -0.1) is 11.6 Å². The first-order chi connectivity index (χ1) is 6.79. The van der Waals surface area contributed by atoms with E-state index in [9.17, 15) is 0 Å². The van der Waals surface area contributed by atoms with Gasteiger partial charge in [-0.1, -0.05) is 12.1 Å².